The first-order valence-corrected chi connectivity index (χ1v) is 7.28. The van der Waals surface area contributed by atoms with Crippen LogP contribution < -0.4 is 5.73 Å². The van der Waals surface area contributed by atoms with Crippen LogP contribution in [0.4, 0.5) is 5.69 Å². The van der Waals surface area contributed by atoms with E-state index in [1.54, 1.807) is 6.92 Å². The average molecular weight is 297 g/mol. The maximum atomic E-state index is 12.4. The van der Waals surface area contributed by atoms with Crippen LogP contribution >= 0.6 is 0 Å². The molecular weight excluding hydrogens is 282 g/mol. The summed E-state index contributed by atoms with van der Waals surface area (Å²) in [6.07, 6.45) is 0.0322. The highest BCUT2D eigenvalue weighted by molar-refractivity contribution is 7.89. The molecule has 1 rings (SSSR count). The summed E-state index contributed by atoms with van der Waals surface area (Å²) in [5.74, 6) is -1.37. The van der Waals surface area contributed by atoms with E-state index in [0.29, 0.717) is 0 Å². The summed E-state index contributed by atoms with van der Waals surface area (Å²) < 4.78 is 25.9. The molecule has 0 saturated heterocycles. The van der Waals surface area contributed by atoms with Gasteiger partial charge in [-0.1, -0.05) is 6.92 Å². The number of sulfonamides is 1. The van der Waals surface area contributed by atoms with Gasteiger partial charge in [-0.25, -0.2) is 13.2 Å². The van der Waals surface area contributed by atoms with Gasteiger partial charge in [-0.2, -0.15) is 9.57 Å². The van der Waals surface area contributed by atoms with Crippen molar-refractivity contribution in [2.24, 2.45) is 0 Å². The number of anilines is 1. The summed E-state index contributed by atoms with van der Waals surface area (Å²) >= 11 is 0. The summed E-state index contributed by atoms with van der Waals surface area (Å²) in [5, 5.41) is 17.6. The van der Waals surface area contributed by atoms with E-state index in [2.05, 4.69) is 0 Å². The predicted molar refractivity (Wildman–Crippen MR) is 72.5 cm³/mol. The van der Waals surface area contributed by atoms with Gasteiger partial charge in [0, 0.05) is 25.2 Å². The summed E-state index contributed by atoms with van der Waals surface area (Å²) in [4.78, 5) is 10.8. The van der Waals surface area contributed by atoms with Crippen LogP contribution in [0.2, 0.25) is 0 Å². The quantitative estimate of drug-likeness (QED) is 0.751. The zero-order chi connectivity index (χ0) is 15.3. The number of aromatic carboxylic acids is 1. The number of carbonyl (C=O) groups is 1. The number of nitrogen functional groups attached to an aromatic ring is 1. The molecule has 1 aromatic carbocycles. The number of hydrogen-bond donors (Lipinski definition) is 2. The summed E-state index contributed by atoms with van der Waals surface area (Å²) in [6, 6.07) is 5.47. The molecule has 0 bridgehead atoms. The van der Waals surface area contributed by atoms with E-state index >= 15 is 0 Å². The predicted octanol–water partition coefficient (Wildman–Crippen LogP) is 0.891. The molecule has 3 N–H and O–H groups in total. The molecule has 0 radical (unpaired) electrons. The Morgan fingerprint density at radius 3 is 2.65 bits per heavy atom. The molecule has 0 aliphatic rings. The summed E-state index contributed by atoms with van der Waals surface area (Å²) in [7, 11) is -3.97. The molecule has 0 heterocycles. The van der Waals surface area contributed by atoms with Crippen LogP contribution in [0.1, 0.15) is 23.7 Å². The van der Waals surface area contributed by atoms with E-state index in [1.165, 1.54) is 12.1 Å². The van der Waals surface area contributed by atoms with Crippen molar-refractivity contribution in [3.63, 3.8) is 0 Å². The minimum absolute atomic E-state index is 0.0127. The molecule has 0 aliphatic carbocycles. The highest BCUT2D eigenvalue weighted by atomic mass is 32.2. The fraction of sp³-hybridized carbons (Fsp3) is 0.333. The topological polar surface area (TPSA) is 124 Å². The van der Waals surface area contributed by atoms with Crippen LogP contribution in [0.15, 0.2) is 23.1 Å². The number of benzene rings is 1. The fourth-order valence-electron chi connectivity index (χ4n) is 1.70. The lowest BCUT2D eigenvalue weighted by Gasteiger charge is -2.20. The lowest BCUT2D eigenvalue weighted by Crippen LogP contribution is -2.32. The van der Waals surface area contributed by atoms with Crippen LogP contribution in [-0.4, -0.2) is 36.9 Å². The fourth-order valence-corrected chi connectivity index (χ4v) is 3.32. The van der Waals surface area contributed by atoms with Crippen molar-refractivity contribution in [3.05, 3.63) is 23.8 Å². The minimum Gasteiger partial charge on any atom is -0.478 e. The zero-order valence-electron chi connectivity index (χ0n) is 10.9. The maximum Gasteiger partial charge on any atom is 0.337 e. The van der Waals surface area contributed by atoms with Crippen LogP contribution in [0, 0.1) is 11.3 Å². The van der Waals surface area contributed by atoms with Gasteiger partial charge >= 0.3 is 5.97 Å². The Morgan fingerprint density at radius 1 is 1.50 bits per heavy atom. The molecule has 0 fully saturated rings. The van der Waals surface area contributed by atoms with Gasteiger partial charge in [0.05, 0.1) is 16.5 Å². The van der Waals surface area contributed by atoms with Gasteiger partial charge in [-0.05, 0) is 18.2 Å². The average Bonchev–Trinajstić information content (AvgIpc) is 2.38. The van der Waals surface area contributed by atoms with E-state index in [9.17, 15) is 13.2 Å². The number of rotatable bonds is 6. The molecule has 0 aromatic heterocycles. The van der Waals surface area contributed by atoms with E-state index in [4.69, 9.17) is 16.1 Å². The third kappa shape index (κ3) is 3.26. The second kappa shape index (κ2) is 6.36. The first-order valence-electron chi connectivity index (χ1n) is 5.84. The van der Waals surface area contributed by atoms with Gasteiger partial charge < -0.3 is 10.8 Å². The number of carboxylic acid groups (broad SMARTS) is 1. The number of hydrogen-bond acceptors (Lipinski definition) is 5. The number of carboxylic acids is 1. The number of nitrogens with two attached hydrogens (primary N) is 1. The van der Waals surface area contributed by atoms with Gasteiger partial charge in [0.15, 0.2) is 0 Å². The Kier molecular flexibility index (Phi) is 5.07. The van der Waals surface area contributed by atoms with Crippen LogP contribution in [0.5, 0.6) is 0 Å². The van der Waals surface area contributed by atoms with Crippen LogP contribution in [-0.2, 0) is 10.0 Å². The Bertz CT molecular complexity index is 649. The van der Waals surface area contributed by atoms with Gasteiger partial charge in [0.25, 0.3) is 0 Å². The third-order valence-electron chi connectivity index (χ3n) is 2.68. The largest absolute Gasteiger partial charge is 0.478 e. The molecular formula is C12H15N3O4S. The van der Waals surface area contributed by atoms with Gasteiger partial charge in [0.2, 0.25) is 10.0 Å². The Labute approximate surface area is 117 Å². The van der Waals surface area contributed by atoms with Crippen molar-refractivity contribution in [1.29, 1.82) is 5.26 Å². The Morgan fingerprint density at radius 2 is 2.15 bits per heavy atom. The zero-order valence-corrected chi connectivity index (χ0v) is 11.7. The van der Waals surface area contributed by atoms with Crippen molar-refractivity contribution in [2.75, 3.05) is 18.8 Å². The van der Waals surface area contributed by atoms with Crippen molar-refractivity contribution in [1.82, 2.24) is 4.31 Å². The second-order valence-corrected chi connectivity index (χ2v) is 5.87. The number of nitriles is 1. The summed E-state index contributed by atoms with van der Waals surface area (Å²) in [6.45, 7) is 1.78. The molecule has 20 heavy (non-hydrogen) atoms. The molecule has 0 amide bonds. The smallest absolute Gasteiger partial charge is 0.337 e. The monoisotopic (exact) mass is 297 g/mol. The Hall–Kier alpha value is -2.11. The van der Waals surface area contributed by atoms with Gasteiger partial charge in [0.1, 0.15) is 0 Å². The van der Waals surface area contributed by atoms with E-state index in [-0.39, 0.29) is 35.7 Å². The highest BCUT2D eigenvalue weighted by Crippen LogP contribution is 2.22. The molecule has 8 heteroatoms. The highest BCUT2D eigenvalue weighted by Gasteiger charge is 2.27. The maximum absolute atomic E-state index is 12.4. The molecule has 0 unspecified atom stereocenters. The van der Waals surface area contributed by atoms with Gasteiger partial charge in [-0.15, -0.1) is 0 Å². The lowest BCUT2D eigenvalue weighted by atomic mass is 10.2. The normalized spacial score (nSPS) is 11.2. The van der Waals surface area contributed by atoms with E-state index in [0.717, 1.165) is 10.4 Å². The second-order valence-electron chi connectivity index (χ2n) is 3.97. The molecule has 0 spiro atoms. The first-order chi connectivity index (χ1) is 9.34. The minimum atomic E-state index is -3.97. The van der Waals surface area contributed by atoms with E-state index in [1.807, 2.05) is 6.07 Å². The Balaban J connectivity index is 3.34. The van der Waals surface area contributed by atoms with E-state index < -0.39 is 16.0 Å². The summed E-state index contributed by atoms with van der Waals surface area (Å²) in [5.41, 5.74) is 5.28. The van der Waals surface area contributed by atoms with Crippen molar-refractivity contribution in [3.8, 4) is 6.07 Å². The molecule has 108 valence electrons. The van der Waals surface area contributed by atoms with Crippen LogP contribution in [0.25, 0.3) is 0 Å². The van der Waals surface area contributed by atoms with Crippen molar-refractivity contribution in [2.45, 2.75) is 18.2 Å². The molecule has 0 saturated carbocycles. The standard InChI is InChI=1S/C12H15N3O4S/c1-2-15(7-3-6-13)20(18,19)11-5-4-9(14)8-10(11)12(16)17/h4-5,8H,2-3,7,14H2,1H3,(H,16,17). The molecule has 0 aliphatic heterocycles. The molecule has 0 atom stereocenters. The molecule has 7 nitrogen and oxygen atoms in total. The first kappa shape index (κ1) is 15.9. The van der Waals surface area contributed by atoms with Crippen LogP contribution in [0.3, 0.4) is 0 Å². The van der Waals surface area contributed by atoms with Gasteiger partial charge in [-0.3, -0.25) is 0 Å². The SMILES string of the molecule is CCN(CCC#N)S(=O)(=O)c1ccc(N)cc1C(=O)O. The van der Waals surface area contributed by atoms with Crippen molar-refractivity contribution >= 4 is 21.7 Å². The molecule has 1 aromatic rings. The lowest BCUT2D eigenvalue weighted by molar-refractivity contribution is 0.0692. The van der Waals surface area contributed by atoms with Crippen molar-refractivity contribution < 1.29 is 18.3 Å². The number of nitrogens with zero attached hydrogens (tertiary/aromatic N) is 2. The third-order valence-corrected chi connectivity index (χ3v) is 4.71.